The Hall–Kier alpha value is -2.70. The van der Waals surface area contributed by atoms with Gasteiger partial charge >= 0.3 is 0 Å². The third-order valence-corrected chi connectivity index (χ3v) is 3.84. The van der Waals surface area contributed by atoms with E-state index in [9.17, 15) is 0 Å². The van der Waals surface area contributed by atoms with Crippen LogP contribution in [0.3, 0.4) is 0 Å². The van der Waals surface area contributed by atoms with E-state index in [2.05, 4.69) is 0 Å². The summed E-state index contributed by atoms with van der Waals surface area (Å²) < 4.78 is 0. The molecule has 8 N–H and O–H groups in total. The van der Waals surface area contributed by atoms with Gasteiger partial charge in [0.15, 0.2) is 0 Å². The Labute approximate surface area is 129 Å². The topological polar surface area (TPSA) is 111 Å². The summed E-state index contributed by atoms with van der Waals surface area (Å²) in [7, 11) is 0. The van der Waals surface area contributed by atoms with Crippen LogP contribution in [0.5, 0.6) is 0 Å². The molecule has 0 amide bonds. The monoisotopic (exact) mass is 296 g/mol. The van der Waals surface area contributed by atoms with Crippen LogP contribution < -0.4 is 28.1 Å². The molecular formula is C16H20N6. The smallest absolute Gasteiger partial charge is 0.141 e. The Morgan fingerprint density at radius 2 is 1.45 bits per heavy atom. The van der Waals surface area contributed by atoms with Crippen molar-refractivity contribution in [2.24, 2.45) is 17.3 Å². The van der Waals surface area contributed by atoms with E-state index in [4.69, 9.17) is 23.0 Å². The number of hydrogen-bond donors (Lipinski definition) is 4. The fourth-order valence-electron chi connectivity index (χ4n) is 2.61. The molecule has 1 heterocycles. The van der Waals surface area contributed by atoms with Crippen molar-refractivity contribution in [1.82, 2.24) is 5.12 Å². The maximum Gasteiger partial charge on any atom is 0.141 e. The zero-order valence-corrected chi connectivity index (χ0v) is 12.4. The molecule has 22 heavy (non-hydrogen) atoms. The van der Waals surface area contributed by atoms with Crippen molar-refractivity contribution >= 4 is 11.4 Å². The highest BCUT2D eigenvalue weighted by atomic mass is 15.8. The molecule has 1 aliphatic heterocycles. The molecule has 3 rings (SSSR count). The molecule has 1 aliphatic rings. The number of nitrogens with zero attached hydrogens (tertiary/aromatic N) is 2. The maximum absolute atomic E-state index is 6.27. The van der Waals surface area contributed by atoms with Crippen molar-refractivity contribution in [1.29, 1.82) is 0 Å². The molecular weight excluding hydrogens is 276 g/mol. The van der Waals surface area contributed by atoms with Gasteiger partial charge in [-0.2, -0.15) is 0 Å². The predicted molar refractivity (Wildman–Crippen MR) is 88.7 cm³/mol. The molecule has 1 unspecified atom stereocenters. The van der Waals surface area contributed by atoms with E-state index in [1.165, 1.54) is 0 Å². The molecule has 2 aromatic rings. The van der Waals surface area contributed by atoms with Crippen LogP contribution in [-0.2, 0) is 0 Å². The first-order valence-corrected chi connectivity index (χ1v) is 7.00. The first kappa shape index (κ1) is 14.2. The minimum Gasteiger partial charge on any atom is -0.399 e. The molecule has 114 valence electrons. The van der Waals surface area contributed by atoms with Crippen LogP contribution in [0.1, 0.15) is 17.2 Å². The Morgan fingerprint density at radius 3 is 2.05 bits per heavy atom. The van der Waals surface area contributed by atoms with E-state index in [-0.39, 0.29) is 6.04 Å². The quantitative estimate of drug-likeness (QED) is 0.491. The van der Waals surface area contributed by atoms with Gasteiger partial charge in [0.1, 0.15) is 11.9 Å². The van der Waals surface area contributed by atoms with Crippen molar-refractivity contribution < 1.29 is 0 Å². The summed E-state index contributed by atoms with van der Waals surface area (Å²) >= 11 is 0. The number of rotatable bonds is 2. The molecule has 0 saturated heterocycles. The number of hydrazine groups is 2. The van der Waals surface area contributed by atoms with Crippen molar-refractivity contribution in [2.45, 2.75) is 13.0 Å². The lowest BCUT2D eigenvalue weighted by molar-refractivity contribution is 0.248. The molecule has 0 fully saturated rings. The van der Waals surface area contributed by atoms with E-state index in [0.717, 1.165) is 16.8 Å². The molecule has 6 nitrogen and oxygen atoms in total. The number of benzene rings is 2. The molecule has 0 radical (unpaired) electrons. The fraction of sp³-hybridized carbons (Fsp3) is 0.125. The summed E-state index contributed by atoms with van der Waals surface area (Å²) in [5.74, 6) is 6.71. The van der Waals surface area contributed by atoms with E-state index in [1.807, 2.05) is 55.5 Å². The summed E-state index contributed by atoms with van der Waals surface area (Å²) in [6.07, 6.45) is 0. The van der Waals surface area contributed by atoms with E-state index < -0.39 is 0 Å². The normalized spacial score (nSPS) is 19.0. The van der Waals surface area contributed by atoms with Gasteiger partial charge in [-0.25, -0.2) is 10.9 Å². The Balaban J connectivity index is 1.99. The standard InChI is InChI=1S/C16H20N6/c1-10-2-8-13(9-3-10)21-16(19)14(18)15(22(21)20)11-4-6-12(17)7-5-11/h2-9,15H,17-20H2,1H3. The second-order valence-corrected chi connectivity index (χ2v) is 5.44. The van der Waals surface area contributed by atoms with Crippen molar-refractivity contribution in [3.8, 4) is 0 Å². The van der Waals surface area contributed by atoms with Crippen LogP contribution in [0, 0.1) is 6.92 Å². The predicted octanol–water partition coefficient (Wildman–Crippen LogP) is 1.32. The summed E-state index contributed by atoms with van der Waals surface area (Å²) in [5, 5.41) is 3.26. The lowest BCUT2D eigenvalue weighted by Crippen LogP contribution is -2.45. The molecule has 0 bridgehead atoms. The van der Waals surface area contributed by atoms with Crippen LogP contribution in [0.25, 0.3) is 0 Å². The van der Waals surface area contributed by atoms with Gasteiger partial charge in [0.05, 0.1) is 11.4 Å². The van der Waals surface area contributed by atoms with Gasteiger partial charge < -0.3 is 17.2 Å². The number of nitrogens with two attached hydrogens (primary N) is 4. The molecule has 0 aromatic heterocycles. The highest BCUT2D eigenvalue weighted by Gasteiger charge is 2.36. The molecule has 0 aliphatic carbocycles. The molecule has 0 saturated carbocycles. The summed E-state index contributed by atoms with van der Waals surface area (Å²) in [4.78, 5) is 0. The van der Waals surface area contributed by atoms with E-state index in [1.54, 1.807) is 10.1 Å². The SMILES string of the molecule is Cc1ccc(N2C(N)=C(N)C(c3ccc(N)cc3)N2N)cc1. The van der Waals surface area contributed by atoms with Crippen molar-refractivity contribution in [2.75, 3.05) is 10.7 Å². The average Bonchev–Trinajstić information content (AvgIpc) is 2.72. The number of nitrogen functional groups attached to an aromatic ring is 1. The molecule has 6 heteroatoms. The zero-order chi connectivity index (χ0) is 15.9. The number of aryl methyl sites for hydroxylation is 1. The Bertz CT molecular complexity index is 643. The van der Waals surface area contributed by atoms with Crippen LogP contribution in [-0.4, -0.2) is 5.12 Å². The summed E-state index contributed by atoms with van der Waals surface area (Å²) in [6.45, 7) is 2.03. The van der Waals surface area contributed by atoms with Gasteiger partial charge in [0.25, 0.3) is 0 Å². The molecule has 2 aromatic carbocycles. The minimum absolute atomic E-state index is 0.318. The third kappa shape index (κ3) is 2.24. The first-order chi connectivity index (χ1) is 10.5. The van der Waals surface area contributed by atoms with Gasteiger partial charge in [-0.15, -0.1) is 5.12 Å². The van der Waals surface area contributed by atoms with Crippen LogP contribution >= 0.6 is 0 Å². The van der Waals surface area contributed by atoms with Crippen molar-refractivity contribution in [3.05, 3.63) is 71.2 Å². The lowest BCUT2D eigenvalue weighted by Gasteiger charge is -2.30. The largest absolute Gasteiger partial charge is 0.399 e. The Kier molecular flexibility index (Phi) is 3.40. The number of anilines is 2. The van der Waals surface area contributed by atoms with Gasteiger partial charge in [-0.1, -0.05) is 29.8 Å². The van der Waals surface area contributed by atoms with Gasteiger partial charge in [0, 0.05) is 5.69 Å². The van der Waals surface area contributed by atoms with E-state index in [0.29, 0.717) is 17.2 Å². The van der Waals surface area contributed by atoms with Gasteiger partial charge in [-0.05, 0) is 36.8 Å². The van der Waals surface area contributed by atoms with Gasteiger partial charge in [-0.3, -0.25) is 0 Å². The second kappa shape index (κ2) is 5.25. The average molecular weight is 296 g/mol. The third-order valence-electron chi connectivity index (χ3n) is 3.84. The highest BCUT2D eigenvalue weighted by Crippen LogP contribution is 2.36. The Morgan fingerprint density at radius 1 is 0.864 bits per heavy atom. The number of hydrogen-bond acceptors (Lipinski definition) is 6. The molecule has 0 spiro atoms. The summed E-state index contributed by atoms with van der Waals surface area (Å²) in [6, 6.07) is 15.1. The minimum atomic E-state index is -0.318. The van der Waals surface area contributed by atoms with Crippen molar-refractivity contribution in [3.63, 3.8) is 0 Å². The van der Waals surface area contributed by atoms with Crippen LogP contribution in [0.2, 0.25) is 0 Å². The highest BCUT2D eigenvalue weighted by molar-refractivity contribution is 5.55. The maximum atomic E-state index is 6.27. The van der Waals surface area contributed by atoms with Crippen LogP contribution in [0.15, 0.2) is 60.0 Å². The van der Waals surface area contributed by atoms with Gasteiger partial charge in [0.2, 0.25) is 0 Å². The zero-order valence-electron chi connectivity index (χ0n) is 12.4. The second-order valence-electron chi connectivity index (χ2n) is 5.44. The summed E-state index contributed by atoms with van der Waals surface area (Å²) in [5.41, 5.74) is 22.3. The fourth-order valence-corrected chi connectivity index (χ4v) is 2.61. The lowest BCUT2D eigenvalue weighted by atomic mass is 10.0. The van der Waals surface area contributed by atoms with E-state index >= 15 is 0 Å². The molecule has 1 atom stereocenters. The first-order valence-electron chi connectivity index (χ1n) is 7.00. The van der Waals surface area contributed by atoms with Crippen LogP contribution in [0.4, 0.5) is 11.4 Å².